The number of hydrogen-bond donors (Lipinski definition) is 1. The van der Waals surface area contributed by atoms with Gasteiger partial charge in [0, 0.05) is 12.4 Å². The van der Waals surface area contributed by atoms with Crippen molar-refractivity contribution in [3.8, 4) is 0 Å². The van der Waals surface area contributed by atoms with E-state index in [1.807, 2.05) is 6.07 Å². The summed E-state index contributed by atoms with van der Waals surface area (Å²) in [4.78, 5) is 8.40. The van der Waals surface area contributed by atoms with Gasteiger partial charge in [-0.15, -0.1) is 0 Å². The molecule has 0 aliphatic rings. The summed E-state index contributed by atoms with van der Waals surface area (Å²) in [5.41, 5.74) is 1.26. The van der Waals surface area contributed by atoms with Gasteiger partial charge < -0.3 is 5.32 Å². The van der Waals surface area contributed by atoms with Gasteiger partial charge in [0.1, 0.15) is 0 Å². The second kappa shape index (κ2) is 5.06. The van der Waals surface area contributed by atoms with Crippen molar-refractivity contribution in [3.63, 3.8) is 0 Å². The highest BCUT2D eigenvalue weighted by atomic mass is 15.1. The lowest BCUT2D eigenvalue weighted by Gasteiger charge is -2.16. The SMILES string of the molecule is C[C@H](Nc1ncccn1)c1cccc2ccccc12. The van der Waals surface area contributed by atoms with Crippen molar-refractivity contribution in [1.29, 1.82) is 0 Å². The average Bonchev–Trinajstić information content (AvgIpc) is 2.47. The molecule has 0 unspecified atom stereocenters. The van der Waals surface area contributed by atoms with Crippen LogP contribution in [0.15, 0.2) is 60.9 Å². The first-order chi connectivity index (χ1) is 9.34. The zero-order chi connectivity index (χ0) is 13.1. The van der Waals surface area contributed by atoms with Crippen LogP contribution in [0, 0.1) is 0 Å². The van der Waals surface area contributed by atoms with Crippen LogP contribution in [0.3, 0.4) is 0 Å². The highest BCUT2D eigenvalue weighted by Crippen LogP contribution is 2.25. The molecule has 19 heavy (non-hydrogen) atoms. The summed E-state index contributed by atoms with van der Waals surface area (Å²) >= 11 is 0. The largest absolute Gasteiger partial charge is 0.348 e. The van der Waals surface area contributed by atoms with E-state index in [2.05, 4.69) is 64.7 Å². The Kier molecular flexibility index (Phi) is 3.11. The molecule has 1 atom stereocenters. The summed E-state index contributed by atoms with van der Waals surface area (Å²) < 4.78 is 0. The maximum atomic E-state index is 4.20. The molecule has 0 saturated carbocycles. The summed E-state index contributed by atoms with van der Waals surface area (Å²) in [6, 6.07) is 16.7. The lowest BCUT2D eigenvalue weighted by Crippen LogP contribution is -2.09. The molecule has 0 fully saturated rings. The van der Waals surface area contributed by atoms with Gasteiger partial charge in [-0.3, -0.25) is 0 Å². The molecule has 1 aromatic heterocycles. The van der Waals surface area contributed by atoms with E-state index in [9.17, 15) is 0 Å². The minimum Gasteiger partial charge on any atom is -0.348 e. The van der Waals surface area contributed by atoms with E-state index >= 15 is 0 Å². The van der Waals surface area contributed by atoms with Crippen molar-refractivity contribution in [2.75, 3.05) is 5.32 Å². The van der Waals surface area contributed by atoms with Crippen LogP contribution < -0.4 is 5.32 Å². The van der Waals surface area contributed by atoms with Gasteiger partial charge in [-0.1, -0.05) is 42.5 Å². The number of rotatable bonds is 3. The monoisotopic (exact) mass is 249 g/mol. The Hall–Kier alpha value is -2.42. The van der Waals surface area contributed by atoms with Gasteiger partial charge in [0.2, 0.25) is 5.95 Å². The first-order valence-electron chi connectivity index (χ1n) is 6.36. The molecule has 1 heterocycles. The summed E-state index contributed by atoms with van der Waals surface area (Å²) in [5.74, 6) is 0.655. The second-order valence-electron chi connectivity index (χ2n) is 4.51. The van der Waals surface area contributed by atoms with E-state index in [-0.39, 0.29) is 6.04 Å². The van der Waals surface area contributed by atoms with Crippen LogP contribution in [0.25, 0.3) is 10.8 Å². The highest BCUT2D eigenvalue weighted by Gasteiger charge is 2.09. The van der Waals surface area contributed by atoms with Crippen LogP contribution in [0.5, 0.6) is 0 Å². The minimum atomic E-state index is 0.161. The van der Waals surface area contributed by atoms with Crippen molar-refractivity contribution >= 4 is 16.7 Å². The van der Waals surface area contributed by atoms with Gasteiger partial charge >= 0.3 is 0 Å². The van der Waals surface area contributed by atoms with Gasteiger partial charge in [-0.25, -0.2) is 9.97 Å². The number of hydrogen-bond acceptors (Lipinski definition) is 3. The summed E-state index contributed by atoms with van der Waals surface area (Å²) in [6.45, 7) is 2.12. The number of benzene rings is 2. The minimum absolute atomic E-state index is 0.161. The van der Waals surface area contributed by atoms with E-state index in [4.69, 9.17) is 0 Å². The van der Waals surface area contributed by atoms with Gasteiger partial charge in [0.15, 0.2) is 0 Å². The molecule has 0 amide bonds. The number of nitrogens with zero attached hydrogens (tertiary/aromatic N) is 2. The fourth-order valence-corrected chi connectivity index (χ4v) is 2.27. The number of aromatic nitrogens is 2. The third-order valence-corrected chi connectivity index (χ3v) is 3.20. The summed E-state index contributed by atoms with van der Waals surface area (Å²) in [6.07, 6.45) is 3.48. The van der Waals surface area contributed by atoms with Gasteiger partial charge in [-0.2, -0.15) is 0 Å². The van der Waals surface area contributed by atoms with Crippen LogP contribution in [0.4, 0.5) is 5.95 Å². The third-order valence-electron chi connectivity index (χ3n) is 3.20. The quantitative estimate of drug-likeness (QED) is 0.767. The Labute approximate surface area is 112 Å². The fourth-order valence-electron chi connectivity index (χ4n) is 2.27. The second-order valence-corrected chi connectivity index (χ2v) is 4.51. The molecule has 2 aromatic carbocycles. The normalized spacial score (nSPS) is 12.3. The van der Waals surface area contributed by atoms with Crippen LogP contribution in [-0.4, -0.2) is 9.97 Å². The van der Waals surface area contributed by atoms with E-state index in [0.29, 0.717) is 5.95 Å². The molecular formula is C16H15N3. The molecule has 0 aliphatic carbocycles. The van der Waals surface area contributed by atoms with Crippen molar-refractivity contribution in [2.24, 2.45) is 0 Å². The molecular weight excluding hydrogens is 234 g/mol. The molecule has 1 N–H and O–H groups in total. The Morgan fingerprint density at radius 3 is 2.47 bits per heavy atom. The van der Waals surface area contributed by atoms with Crippen molar-refractivity contribution in [2.45, 2.75) is 13.0 Å². The van der Waals surface area contributed by atoms with Crippen LogP contribution in [0.1, 0.15) is 18.5 Å². The molecule has 94 valence electrons. The highest BCUT2D eigenvalue weighted by molar-refractivity contribution is 5.86. The molecule has 3 aromatic rings. The van der Waals surface area contributed by atoms with Gasteiger partial charge in [-0.05, 0) is 29.3 Å². The first-order valence-corrected chi connectivity index (χ1v) is 6.36. The average molecular weight is 249 g/mol. The van der Waals surface area contributed by atoms with Crippen molar-refractivity contribution < 1.29 is 0 Å². The first kappa shape index (κ1) is 11.7. The number of nitrogens with one attached hydrogen (secondary N) is 1. The maximum Gasteiger partial charge on any atom is 0.223 e. The lowest BCUT2D eigenvalue weighted by molar-refractivity contribution is 0.869. The molecule has 0 saturated heterocycles. The Morgan fingerprint density at radius 2 is 1.63 bits per heavy atom. The molecule has 3 nitrogen and oxygen atoms in total. The molecule has 0 spiro atoms. The molecule has 0 radical (unpaired) electrons. The zero-order valence-electron chi connectivity index (χ0n) is 10.7. The van der Waals surface area contributed by atoms with Crippen LogP contribution in [0.2, 0.25) is 0 Å². The van der Waals surface area contributed by atoms with Gasteiger partial charge in [0.05, 0.1) is 6.04 Å². The number of fused-ring (bicyclic) bond motifs is 1. The Bertz CT molecular complexity index is 674. The predicted octanol–water partition coefficient (Wildman–Crippen LogP) is 3.80. The van der Waals surface area contributed by atoms with E-state index in [0.717, 1.165) is 0 Å². The van der Waals surface area contributed by atoms with Crippen molar-refractivity contribution in [1.82, 2.24) is 9.97 Å². The fraction of sp³-hybridized carbons (Fsp3) is 0.125. The molecule has 3 rings (SSSR count). The lowest BCUT2D eigenvalue weighted by atomic mass is 10.00. The number of anilines is 1. The maximum absolute atomic E-state index is 4.20. The van der Waals surface area contributed by atoms with E-state index in [1.165, 1.54) is 16.3 Å². The smallest absolute Gasteiger partial charge is 0.223 e. The van der Waals surface area contributed by atoms with Crippen LogP contribution >= 0.6 is 0 Å². The Balaban J connectivity index is 1.96. The summed E-state index contributed by atoms with van der Waals surface area (Å²) in [7, 11) is 0. The Morgan fingerprint density at radius 1 is 0.895 bits per heavy atom. The molecule has 0 aliphatic heterocycles. The topological polar surface area (TPSA) is 37.8 Å². The summed E-state index contributed by atoms with van der Waals surface area (Å²) in [5, 5.41) is 5.85. The van der Waals surface area contributed by atoms with Crippen molar-refractivity contribution in [3.05, 3.63) is 66.5 Å². The zero-order valence-corrected chi connectivity index (χ0v) is 10.7. The molecule has 3 heteroatoms. The van der Waals surface area contributed by atoms with Crippen LogP contribution in [-0.2, 0) is 0 Å². The van der Waals surface area contributed by atoms with Gasteiger partial charge in [0.25, 0.3) is 0 Å². The molecule has 0 bridgehead atoms. The van der Waals surface area contributed by atoms with E-state index in [1.54, 1.807) is 12.4 Å². The third kappa shape index (κ3) is 2.40. The predicted molar refractivity (Wildman–Crippen MR) is 78.0 cm³/mol. The van der Waals surface area contributed by atoms with E-state index < -0.39 is 0 Å². The standard InChI is InChI=1S/C16H15N3/c1-12(19-16-17-10-5-11-18-16)14-9-4-7-13-6-2-3-8-15(13)14/h2-12H,1H3,(H,17,18,19)/t12-/m0/s1.